The molecule has 2 rings (SSSR count). The molecule has 0 aliphatic heterocycles. The maximum atomic E-state index is 13.6. The van der Waals surface area contributed by atoms with Crippen molar-refractivity contribution in [2.24, 2.45) is 0 Å². The average molecular weight is 262 g/mol. The summed E-state index contributed by atoms with van der Waals surface area (Å²) in [5.41, 5.74) is 1.03. The van der Waals surface area contributed by atoms with E-state index < -0.39 is 24.4 Å². The van der Waals surface area contributed by atoms with Gasteiger partial charge in [-0.05, 0) is 24.0 Å². The highest BCUT2D eigenvalue weighted by Gasteiger charge is 2.44. The summed E-state index contributed by atoms with van der Waals surface area (Å²) in [7, 11) is 0. The second-order valence-electron chi connectivity index (χ2n) is 4.08. The van der Waals surface area contributed by atoms with Gasteiger partial charge < -0.3 is 4.74 Å². The molecule has 1 aromatic rings. The van der Waals surface area contributed by atoms with Crippen LogP contribution < -0.4 is 0 Å². The molecule has 2 atom stereocenters. The van der Waals surface area contributed by atoms with Crippen LogP contribution in [0.4, 0.5) is 17.6 Å². The van der Waals surface area contributed by atoms with Gasteiger partial charge in [0.1, 0.15) is 6.17 Å². The molecule has 98 valence electrons. The van der Waals surface area contributed by atoms with Crippen LogP contribution in [0.5, 0.6) is 0 Å². The molecular weight excluding hydrogens is 252 g/mol. The number of esters is 1. The van der Waals surface area contributed by atoms with Gasteiger partial charge in [-0.25, -0.2) is 9.18 Å². The first kappa shape index (κ1) is 12.9. The van der Waals surface area contributed by atoms with E-state index in [1.54, 1.807) is 18.2 Å². The van der Waals surface area contributed by atoms with Gasteiger partial charge in [-0.2, -0.15) is 13.2 Å². The summed E-state index contributed by atoms with van der Waals surface area (Å²) in [6.07, 6.45) is -7.70. The number of alkyl halides is 4. The molecule has 2 nitrogen and oxygen atoms in total. The summed E-state index contributed by atoms with van der Waals surface area (Å²) in [4.78, 5) is 10.8. The van der Waals surface area contributed by atoms with E-state index >= 15 is 0 Å². The maximum Gasteiger partial charge on any atom is 0.490 e. The standard InChI is InChI=1S/C12H10F4O2/c13-9-6-5-7-3-1-2-4-8(7)10(9)18-11(17)12(14,15)16/h1-4,9-10H,5-6H2. The molecule has 0 fully saturated rings. The predicted molar refractivity (Wildman–Crippen MR) is 54.5 cm³/mol. The molecule has 0 saturated carbocycles. The number of fused-ring (bicyclic) bond motifs is 1. The molecule has 0 heterocycles. The van der Waals surface area contributed by atoms with Gasteiger partial charge in [0.25, 0.3) is 0 Å². The molecule has 0 radical (unpaired) electrons. The molecule has 0 aromatic heterocycles. The largest absolute Gasteiger partial charge is 0.490 e. The zero-order valence-electron chi connectivity index (χ0n) is 9.21. The van der Waals surface area contributed by atoms with Gasteiger partial charge in [-0.1, -0.05) is 24.3 Å². The molecule has 1 aromatic carbocycles. The Kier molecular flexibility index (Phi) is 3.28. The van der Waals surface area contributed by atoms with Crippen LogP contribution in [0.25, 0.3) is 0 Å². The number of rotatable bonds is 1. The van der Waals surface area contributed by atoms with Crippen molar-refractivity contribution in [2.45, 2.75) is 31.3 Å². The topological polar surface area (TPSA) is 26.3 Å². The lowest BCUT2D eigenvalue weighted by Crippen LogP contribution is -2.32. The number of carbonyl (C=O) groups excluding carboxylic acids is 1. The first-order chi connectivity index (χ1) is 8.39. The molecule has 6 heteroatoms. The lowest BCUT2D eigenvalue weighted by atomic mass is 9.88. The number of benzene rings is 1. The van der Waals surface area contributed by atoms with Gasteiger partial charge in [0, 0.05) is 0 Å². The van der Waals surface area contributed by atoms with Crippen LogP contribution in [-0.4, -0.2) is 18.3 Å². The summed E-state index contributed by atoms with van der Waals surface area (Å²) in [5, 5.41) is 0. The first-order valence-corrected chi connectivity index (χ1v) is 5.39. The third-order valence-corrected chi connectivity index (χ3v) is 2.85. The van der Waals surface area contributed by atoms with Crippen molar-refractivity contribution in [3.8, 4) is 0 Å². The minimum Gasteiger partial charge on any atom is -0.448 e. The number of hydrogen-bond donors (Lipinski definition) is 0. The Hall–Kier alpha value is -1.59. The van der Waals surface area contributed by atoms with E-state index in [1.165, 1.54) is 6.07 Å². The van der Waals surface area contributed by atoms with Gasteiger partial charge in [0.05, 0.1) is 0 Å². The fourth-order valence-corrected chi connectivity index (χ4v) is 2.00. The fraction of sp³-hybridized carbons (Fsp3) is 0.417. The van der Waals surface area contributed by atoms with Crippen molar-refractivity contribution in [1.29, 1.82) is 0 Å². The highest BCUT2D eigenvalue weighted by molar-refractivity contribution is 5.76. The van der Waals surface area contributed by atoms with Crippen LogP contribution in [0.3, 0.4) is 0 Å². The van der Waals surface area contributed by atoms with Crippen LogP contribution >= 0.6 is 0 Å². The van der Waals surface area contributed by atoms with Crippen molar-refractivity contribution in [2.75, 3.05) is 0 Å². The van der Waals surface area contributed by atoms with E-state index in [2.05, 4.69) is 4.74 Å². The van der Waals surface area contributed by atoms with Gasteiger partial charge in [-0.15, -0.1) is 0 Å². The van der Waals surface area contributed by atoms with E-state index in [0.717, 1.165) is 0 Å². The van der Waals surface area contributed by atoms with Crippen LogP contribution in [0, 0.1) is 0 Å². The lowest BCUT2D eigenvalue weighted by Gasteiger charge is -2.28. The fourth-order valence-electron chi connectivity index (χ4n) is 2.00. The minimum absolute atomic E-state index is 0.0484. The molecule has 0 spiro atoms. The summed E-state index contributed by atoms with van der Waals surface area (Å²) in [5.74, 6) is -2.35. The lowest BCUT2D eigenvalue weighted by molar-refractivity contribution is -0.208. The van der Waals surface area contributed by atoms with Gasteiger partial charge in [0.2, 0.25) is 0 Å². The van der Waals surface area contributed by atoms with E-state index in [0.29, 0.717) is 17.5 Å². The van der Waals surface area contributed by atoms with E-state index in [-0.39, 0.29) is 6.42 Å². The third-order valence-electron chi connectivity index (χ3n) is 2.85. The molecule has 0 saturated heterocycles. The quantitative estimate of drug-likeness (QED) is 0.574. The van der Waals surface area contributed by atoms with Gasteiger partial charge in [-0.3, -0.25) is 0 Å². The van der Waals surface area contributed by atoms with Gasteiger partial charge in [0.15, 0.2) is 6.10 Å². The third kappa shape index (κ3) is 2.47. The Morgan fingerprint density at radius 2 is 1.94 bits per heavy atom. The normalized spacial score (nSPS) is 23.3. The second kappa shape index (κ2) is 4.59. The molecule has 18 heavy (non-hydrogen) atoms. The van der Waals surface area contributed by atoms with Crippen molar-refractivity contribution in [1.82, 2.24) is 0 Å². The Bertz CT molecular complexity index is 456. The van der Waals surface area contributed by atoms with Crippen molar-refractivity contribution in [3.63, 3.8) is 0 Å². The zero-order valence-corrected chi connectivity index (χ0v) is 9.21. The predicted octanol–water partition coefficient (Wildman–Crippen LogP) is 3.12. The summed E-state index contributed by atoms with van der Waals surface area (Å²) >= 11 is 0. The Balaban J connectivity index is 2.25. The maximum absolute atomic E-state index is 13.6. The van der Waals surface area contributed by atoms with Crippen molar-refractivity contribution >= 4 is 5.97 Å². The van der Waals surface area contributed by atoms with Crippen molar-refractivity contribution in [3.05, 3.63) is 35.4 Å². The summed E-state index contributed by atoms with van der Waals surface area (Å²) in [6.45, 7) is 0. The van der Waals surface area contributed by atoms with Gasteiger partial charge >= 0.3 is 12.1 Å². The van der Waals surface area contributed by atoms with Crippen LogP contribution in [0.1, 0.15) is 23.7 Å². The second-order valence-corrected chi connectivity index (χ2v) is 4.08. The molecule has 1 aliphatic carbocycles. The minimum atomic E-state index is -5.11. The smallest absolute Gasteiger partial charge is 0.448 e. The molecule has 0 bridgehead atoms. The molecule has 1 aliphatic rings. The average Bonchev–Trinajstić information content (AvgIpc) is 2.31. The Morgan fingerprint density at radius 3 is 2.61 bits per heavy atom. The van der Waals surface area contributed by atoms with Crippen LogP contribution in [0.15, 0.2) is 24.3 Å². The van der Waals surface area contributed by atoms with E-state index in [9.17, 15) is 22.4 Å². The van der Waals surface area contributed by atoms with Crippen LogP contribution in [0.2, 0.25) is 0 Å². The highest BCUT2D eigenvalue weighted by Crippen LogP contribution is 2.36. The number of halogens is 4. The SMILES string of the molecule is O=C(OC1c2ccccc2CCC1F)C(F)(F)F. The van der Waals surface area contributed by atoms with E-state index in [1.807, 2.05) is 0 Å². The molecule has 2 unspecified atom stereocenters. The summed E-state index contributed by atoms with van der Waals surface area (Å²) in [6, 6.07) is 6.45. The zero-order chi connectivity index (χ0) is 13.3. The number of hydrogen-bond acceptors (Lipinski definition) is 2. The molecule has 0 amide bonds. The van der Waals surface area contributed by atoms with Crippen molar-refractivity contribution < 1.29 is 27.1 Å². The summed E-state index contributed by atoms with van der Waals surface area (Å²) < 4.78 is 54.2. The number of ether oxygens (including phenoxy) is 1. The Morgan fingerprint density at radius 1 is 1.28 bits per heavy atom. The number of carbonyl (C=O) groups is 1. The number of aryl methyl sites for hydroxylation is 1. The highest BCUT2D eigenvalue weighted by atomic mass is 19.4. The monoisotopic (exact) mass is 262 g/mol. The van der Waals surface area contributed by atoms with Crippen LogP contribution in [-0.2, 0) is 16.0 Å². The molecule has 0 N–H and O–H groups in total. The Labute approximate surface area is 101 Å². The van der Waals surface area contributed by atoms with E-state index in [4.69, 9.17) is 0 Å². The first-order valence-electron chi connectivity index (χ1n) is 5.39. The molecular formula is C12H10F4O2.